The van der Waals surface area contributed by atoms with Gasteiger partial charge in [0.2, 0.25) is 0 Å². The van der Waals surface area contributed by atoms with Crippen LogP contribution in [0.1, 0.15) is 232 Å². The van der Waals surface area contributed by atoms with Crippen molar-refractivity contribution in [2.45, 2.75) is 275 Å². The number of carbonyl (C=O) groups is 1. The number of phosphoric acid groups is 1. The minimum atomic E-state index is -5.02. The monoisotopic (exact) mass is 907 g/mol. The van der Waals surface area contributed by atoms with Crippen LogP contribution in [0.2, 0.25) is 0 Å². The van der Waals surface area contributed by atoms with Gasteiger partial charge in [-0.25, -0.2) is 4.57 Å². The van der Waals surface area contributed by atoms with E-state index < -0.39 is 63.1 Å². The van der Waals surface area contributed by atoms with E-state index in [1.807, 2.05) is 0 Å². The number of unbranched alkanes of at least 4 members (excludes halogenated alkanes) is 30. The second-order valence-electron chi connectivity index (χ2n) is 18.0. The topological polar surface area (TPSA) is 192 Å². The maximum atomic E-state index is 12.8. The Morgan fingerprint density at radius 1 is 0.500 bits per heavy atom. The number of rotatable bonds is 44. The molecule has 8 atom stereocenters. The molecule has 0 spiro atoms. The molecule has 0 saturated heterocycles. The Hall–Kier alpha value is -0.920. The first kappa shape index (κ1) is 59.1. The summed E-state index contributed by atoms with van der Waals surface area (Å²) in [6.07, 6.45) is 32.7. The van der Waals surface area contributed by atoms with E-state index in [0.717, 1.165) is 44.9 Å². The van der Waals surface area contributed by atoms with Crippen molar-refractivity contribution in [1.82, 2.24) is 0 Å². The first-order chi connectivity index (χ1) is 30.0. The van der Waals surface area contributed by atoms with Gasteiger partial charge in [-0.3, -0.25) is 13.8 Å². The van der Waals surface area contributed by atoms with Crippen LogP contribution in [0, 0.1) is 0 Å². The van der Waals surface area contributed by atoms with E-state index in [0.29, 0.717) is 13.0 Å². The summed E-state index contributed by atoms with van der Waals surface area (Å²) in [6, 6.07) is 0. The number of hydrogen-bond donors (Lipinski definition) is 6. The lowest BCUT2D eigenvalue weighted by Gasteiger charge is -2.41. The van der Waals surface area contributed by atoms with Gasteiger partial charge in [-0.1, -0.05) is 199 Å². The van der Waals surface area contributed by atoms with Crippen LogP contribution in [0.4, 0.5) is 0 Å². The third kappa shape index (κ3) is 31.9. The van der Waals surface area contributed by atoms with Crippen LogP contribution in [0.15, 0.2) is 12.2 Å². The zero-order valence-corrected chi connectivity index (χ0v) is 40.3. The molecule has 62 heavy (non-hydrogen) atoms. The van der Waals surface area contributed by atoms with Gasteiger partial charge >= 0.3 is 13.8 Å². The quantitative estimate of drug-likeness (QED) is 0.0147. The molecule has 6 unspecified atom stereocenters. The molecule has 0 aliphatic heterocycles. The Balaban J connectivity index is 2.34. The van der Waals surface area contributed by atoms with Gasteiger partial charge in [-0.15, -0.1) is 0 Å². The molecule has 1 saturated carbocycles. The number of carbonyl (C=O) groups excluding carboxylic acids is 1. The van der Waals surface area contributed by atoms with E-state index in [-0.39, 0.29) is 13.0 Å². The highest BCUT2D eigenvalue weighted by Crippen LogP contribution is 2.47. The van der Waals surface area contributed by atoms with Crippen molar-refractivity contribution in [3.05, 3.63) is 12.2 Å². The number of aliphatic hydroxyl groups is 5. The lowest BCUT2D eigenvalue weighted by Crippen LogP contribution is -2.64. The smallest absolute Gasteiger partial charge is 0.457 e. The van der Waals surface area contributed by atoms with Gasteiger partial charge in [-0.05, 0) is 38.5 Å². The van der Waals surface area contributed by atoms with E-state index in [9.17, 15) is 39.8 Å². The molecule has 1 rings (SSSR count). The van der Waals surface area contributed by atoms with Gasteiger partial charge in [-0.2, -0.15) is 0 Å². The molecule has 1 aliphatic rings. The zero-order chi connectivity index (χ0) is 45.5. The Bertz CT molecular complexity index is 1080. The molecule has 368 valence electrons. The Morgan fingerprint density at radius 2 is 0.855 bits per heavy atom. The van der Waals surface area contributed by atoms with Crippen LogP contribution >= 0.6 is 7.82 Å². The van der Waals surface area contributed by atoms with Gasteiger partial charge in [0, 0.05) is 13.0 Å². The summed E-state index contributed by atoms with van der Waals surface area (Å²) in [6.45, 7) is 4.29. The molecule has 0 bridgehead atoms. The van der Waals surface area contributed by atoms with Crippen molar-refractivity contribution < 1.29 is 58.3 Å². The summed E-state index contributed by atoms with van der Waals surface area (Å²) < 4.78 is 34.3. The molecule has 0 amide bonds. The van der Waals surface area contributed by atoms with Crippen molar-refractivity contribution >= 4 is 13.8 Å². The maximum Gasteiger partial charge on any atom is 0.472 e. The van der Waals surface area contributed by atoms with Gasteiger partial charge in [0.1, 0.15) is 42.7 Å². The minimum Gasteiger partial charge on any atom is -0.457 e. The second-order valence-corrected chi connectivity index (χ2v) is 19.4. The third-order valence-corrected chi connectivity index (χ3v) is 13.1. The minimum absolute atomic E-state index is 0.0722. The Kier molecular flexibility index (Phi) is 38.5. The molecule has 6 N–H and O–H groups in total. The standard InChI is InChI=1S/C49H95O12P/c1-3-5-7-9-11-13-15-17-19-21-23-25-27-29-31-33-35-37-39-58-40-42(41-59-62(56,57)61-49-47(54)45(52)44(51)46(53)48(49)55)60-43(50)38-36-34-32-30-28-26-24-22-20-18-16-14-12-10-8-6-4-2/h18,20,42,44-49,51-55H,3-17,19,21-41H2,1-2H3,(H,56,57)/b20-18-/t42-,44?,45-,46?,47?,48?,49?/m1/s1. The number of phosphoric ester groups is 1. The number of aliphatic hydroxyl groups excluding tert-OH is 5. The lowest BCUT2D eigenvalue weighted by molar-refractivity contribution is -0.220. The molecular formula is C49H95O12P. The highest BCUT2D eigenvalue weighted by molar-refractivity contribution is 7.47. The number of allylic oxidation sites excluding steroid dienone is 2. The second kappa shape index (κ2) is 40.4. The highest BCUT2D eigenvalue weighted by atomic mass is 31.2. The van der Waals surface area contributed by atoms with Crippen LogP contribution < -0.4 is 0 Å². The Morgan fingerprint density at radius 3 is 1.27 bits per heavy atom. The van der Waals surface area contributed by atoms with E-state index in [4.69, 9.17) is 18.5 Å². The fraction of sp³-hybridized carbons (Fsp3) is 0.939. The zero-order valence-electron chi connectivity index (χ0n) is 39.4. The normalized spacial score (nSPS) is 22.0. The third-order valence-electron chi connectivity index (χ3n) is 12.1. The van der Waals surface area contributed by atoms with Crippen LogP contribution in [0.3, 0.4) is 0 Å². The number of esters is 1. The molecule has 0 radical (unpaired) electrons. The van der Waals surface area contributed by atoms with Gasteiger partial charge in [0.15, 0.2) is 0 Å². The predicted molar refractivity (Wildman–Crippen MR) is 249 cm³/mol. The summed E-state index contributed by atoms with van der Waals surface area (Å²) in [5, 5.41) is 50.3. The summed E-state index contributed by atoms with van der Waals surface area (Å²) in [4.78, 5) is 23.2. The summed E-state index contributed by atoms with van der Waals surface area (Å²) >= 11 is 0. The van der Waals surface area contributed by atoms with Crippen molar-refractivity contribution in [2.75, 3.05) is 19.8 Å². The fourth-order valence-electron chi connectivity index (χ4n) is 8.06. The van der Waals surface area contributed by atoms with Crippen LogP contribution in [0.25, 0.3) is 0 Å². The van der Waals surface area contributed by atoms with E-state index in [1.165, 1.54) is 161 Å². The first-order valence-corrected chi connectivity index (χ1v) is 27.0. The van der Waals surface area contributed by atoms with Gasteiger partial charge < -0.3 is 39.9 Å². The lowest BCUT2D eigenvalue weighted by atomic mass is 9.85. The van der Waals surface area contributed by atoms with Crippen molar-refractivity contribution in [2.24, 2.45) is 0 Å². The molecule has 1 fully saturated rings. The first-order valence-electron chi connectivity index (χ1n) is 25.5. The SMILES string of the molecule is CCCCCCCC/C=C\CCCCCCCCCC(=O)O[C@H](COCCCCCCCCCCCCCCCCCCCC)COP(=O)(O)OC1C(O)C(O)C(O)[C@@H](O)C1O. The molecule has 0 aromatic carbocycles. The molecule has 13 heteroatoms. The molecular weight excluding hydrogens is 812 g/mol. The largest absolute Gasteiger partial charge is 0.472 e. The van der Waals surface area contributed by atoms with E-state index in [1.54, 1.807) is 0 Å². The maximum absolute atomic E-state index is 12.8. The average molecular weight is 907 g/mol. The van der Waals surface area contributed by atoms with E-state index >= 15 is 0 Å². The summed E-state index contributed by atoms with van der Waals surface area (Å²) in [5.74, 6) is -0.477. The van der Waals surface area contributed by atoms with Crippen LogP contribution in [-0.2, 0) is 27.9 Å². The van der Waals surface area contributed by atoms with Crippen LogP contribution in [0.5, 0.6) is 0 Å². The highest BCUT2D eigenvalue weighted by Gasteiger charge is 2.51. The van der Waals surface area contributed by atoms with Crippen molar-refractivity contribution in [3.8, 4) is 0 Å². The van der Waals surface area contributed by atoms with E-state index in [2.05, 4.69) is 26.0 Å². The van der Waals surface area contributed by atoms with Crippen molar-refractivity contribution in [1.29, 1.82) is 0 Å². The number of hydrogen-bond acceptors (Lipinski definition) is 11. The van der Waals surface area contributed by atoms with Crippen LogP contribution in [-0.4, -0.2) is 98.9 Å². The molecule has 1 aliphatic carbocycles. The summed E-state index contributed by atoms with van der Waals surface area (Å²) in [5.41, 5.74) is 0. The predicted octanol–water partition coefficient (Wildman–Crippen LogP) is 11.1. The Labute approximate surface area is 377 Å². The summed E-state index contributed by atoms with van der Waals surface area (Å²) in [7, 11) is -5.02. The molecule has 12 nitrogen and oxygen atoms in total. The fourth-order valence-corrected chi connectivity index (χ4v) is 9.03. The molecule has 0 heterocycles. The van der Waals surface area contributed by atoms with Gasteiger partial charge in [0.05, 0.1) is 13.2 Å². The molecule has 0 aromatic heterocycles. The van der Waals surface area contributed by atoms with Crippen molar-refractivity contribution in [3.63, 3.8) is 0 Å². The molecule has 0 aromatic rings. The average Bonchev–Trinajstić information content (AvgIpc) is 3.26. The number of ether oxygens (including phenoxy) is 2. The van der Waals surface area contributed by atoms with Gasteiger partial charge in [0.25, 0.3) is 0 Å².